The fraction of sp³-hybridized carbons (Fsp3) is 0.633. The number of hydrogen-bond acceptors (Lipinski definition) is 7. The molecule has 0 N–H and O–H groups in total. The summed E-state index contributed by atoms with van der Waals surface area (Å²) in [4.78, 5) is 16.5. The van der Waals surface area contributed by atoms with Gasteiger partial charge in [-0.15, -0.1) is 11.3 Å². The Morgan fingerprint density at radius 2 is 1.68 bits per heavy atom. The first-order valence-corrected chi connectivity index (χ1v) is 16.9. The van der Waals surface area contributed by atoms with E-state index >= 15 is 0 Å². The maximum atomic E-state index is 13.7. The lowest BCUT2D eigenvalue weighted by Gasteiger charge is -2.27. The second-order valence-corrected chi connectivity index (χ2v) is 12.9. The Morgan fingerprint density at radius 1 is 0.925 bits per heavy atom. The minimum Gasteiger partial charge on any atom is -0.493 e. The fourth-order valence-electron chi connectivity index (χ4n) is 4.43. The van der Waals surface area contributed by atoms with Crippen molar-refractivity contribution in [2.24, 2.45) is 0 Å². The molecule has 2 aromatic rings. The molecular formula is C30H48N2O6S2. The highest BCUT2D eigenvalue weighted by Gasteiger charge is 2.26. The highest BCUT2D eigenvalue weighted by molar-refractivity contribution is 7.89. The van der Waals surface area contributed by atoms with Gasteiger partial charge in [-0.1, -0.05) is 51.2 Å². The minimum atomic E-state index is -3.57. The van der Waals surface area contributed by atoms with E-state index < -0.39 is 10.0 Å². The van der Waals surface area contributed by atoms with Crippen molar-refractivity contribution in [1.82, 2.24) is 9.21 Å². The number of rotatable bonds is 22. The summed E-state index contributed by atoms with van der Waals surface area (Å²) in [6.45, 7) is 6.12. The molecule has 40 heavy (non-hydrogen) atoms. The molecule has 0 saturated heterocycles. The first kappa shape index (κ1) is 34.1. The number of benzene rings is 1. The van der Waals surface area contributed by atoms with Gasteiger partial charge >= 0.3 is 0 Å². The van der Waals surface area contributed by atoms with E-state index in [9.17, 15) is 13.2 Å². The van der Waals surface area contributed by atoms with Crippen molar-refractivity contribution in [2.75, 3.05) is 52.8 Å². The molecule has 1 aromatic heterocycles. The quantitative estimate of drug-likeness (QED) is 0.161. The molecule has 0 radical (unpaired) electrons. The van der Waals surface area contributed by atoms with Gasteiger partial charge in [0.15, 0.2) is 11.5 Å². The largest absolute Gasteiger partial charge is 0.493 e. The van der Waals surface area contributed by atoms with Gasteiger partial charge in [0.05, 0.1) is 33.1 Å². The van der Waals surface area contributed by atoms with Gasteiger partial charge in [-0.05, 0) is 55.3 Å². The number of amides is 1. The lowest BCUT2D eigenvalue weighted by Crippen LogP contribution is -2.44. The summed E-state index contributed by atoms with van der Waals surface area (Å²) in [6, 6.07) is 9.69. The Kier molecular flexibility index (Phi) is 16.2. The molecule has 8 nitrogen and oxygen atoms in total. The normalized spacial score (nSPS) is 11.6. The van der Waals surface area contributed by atoms with Crippen LogP contribution in [0.15, 0.2) is 35.7 Å². The molecule has 0 atom stereocenters. The van der Waals surface area contributed by atoms with Gasteiger partial charge in [-0.25, -0.2) is 8.42 Å². The predicted molar refractivity (Wildman–Crippen MR) is 163 cm³/mol. The van der Waals surface area contributed by atoms with Crippen LogP contribution in [0.5, 0.6) is 11.5 Å². The zero-order valence-corrected chi connectivity index (χ0v) is 26.4. The van der Waals surface area contributed by atoms with Crippen molar-refractivity contribution in [3.63, 3.8) is 0 Å². The smallest absolute Gasteiger partial charge is 0.238 e. The van der Waals surface area contributed by atoms with E-state index in [1.807, 2.05) is 42.6 Å². The molecule has 1 heterocycles. The second kappa shape index (κ2) is 19.1. The highest BCUT2D eigenvalue weighted by atomic mass is 32.2. The molecule has 0 unspecified atom stereocenters. The molecule has 0 aliphatic heterocycles. The van der Waals surface area contributed by atoms with Crippen LogP contribution in [0.25, 0.3) is 0 Å². The molecule has 2 rings (SSSR count). The van der Waals surface area contributed by atoms with E-state index in [0.717, 1.165) is 36.1 Å². The fourth-order valence-corrected chi connectivity index (χ4v) is 6.69. The molecule has 1 amide bonds. The van der Waals surface area contributed by atoms with E-state index in [1.165, 1.54) is 10.7 Å². The van der Waals surface area contributed by atoms with Crippen molar-refractivity contribution < 1.29 is 27.4 Å². The van der Waals surface area contributed by atoms with Crippen molar-refractivity contribution in [1.29, 1.82) is 0 Å². The molecule has 0 fully saturated rings. The number of carbonyl (C=O) groups excluding carboxylic acids is 1. The number of thiophene rings is 1. The maximum absolute atomic E-state index is 13.7. The Hall–Kier alpha value is -2.14. The van der Waals surface area contributed by atoms with Crippen LogP contribution in [0.2, 0.25) is 0 Å². The van der Waals surface area contributed by atoms with E-state index in [1.54, 1.807) is 30.5 Å². The van der Waals surface area contributed by atoms with Crippen LogP contribution in [0.3, 0.4) is 0 Å². The standard InChI is InChI=1S/C30H48N2O6S2/c1-5-7-8-9-10-11-22-40(34,35)32(18-13-20-38-6-2)25-30(33)31(24-27-14-12-21-39-27)19-17-26-15-16-28(36-3)29(23-26)37-4/h12,14-16,21,23H,5-11,13,17-20,22,24-25H2,1-4H3. The van der Waals surface area contributed by atoms with E-state index in [4.69, 9.17) is 14.2 Å². The summed E-state index contributed by atoms with van der Waals surface area (Å²) in [5.41, 5.74) is 1.01. The zero-order valence-electron chi connectivity index (χ0n) is 24.7. The average Bonchev–Trinajstić information content (AvgIpc) is 3.47. The third kappa shape index (κ3) is 12.2. The van der Waals surface area contributed by atoms with Crippen LogP contribution in [0.4, 0.5) is 0 Å². The summed E-state index contributed by atoms with van der Waals surface area (Å²) in [7, 11) is -0.380. The Morgan fingerprint density at radius 3 is 2.35 bits per heavy atom. The molecule has 226 valence electrons. The predicted octanol–water partition coefficient (Wildman–Crippen LogP) is 5.76. The van der Waals surface area contributed by atoms with Gasteiger partial charge in [0.25, 0.3) is 0 Å². The van der Waals surface area contributed by atoms with Crippen LogP contribution < -0.4 is 9.47 Å². The van der Waals surface area contributed by atoms with Crippen molar-refractivity contribution >= 4 is 27.3 Å². The third-order valence-corrected chi connectivity index (χ3v) is 9.52. The third-order valence-electron chi connectivity index (χ3n) is 6.76. The van der Waals surface area contributed by atoms with E-state index in [-0.39, 0.29) is 24.7 Å². The van der Waals surface area contributed by atoms with Gasteiger partial charge in [-0.3, -0.25) is 4.79 Å². The summed E-state index contributed by atoms with van der Waals surface area (Å²) < 4.78 is 44.3. The van der Waals surface area contributed by atoms with Gasteiger partial charge in [-0.2, -0.15) is 4.31 Å². The summed E-state index contributed by atoms with van der Waals surface area (Å²) in [5.74, 6) is 1.16. The average molecular weight is 597 g/mol. The van der Waals surface area contributed by atoms with E-state index in [0.29, 0.717) is 57.1 Å². The summed E-state index contributed by atoms with van der Waals surface area (Å²) in [5, 5.41) is 1.98. The van der Waals surface area contributed by atoms with Crippen LogP contribution in [0, 0.1) is 0 Å². The molecule has 0 aliphatic carbocycles. The monoisotopic (exact) mass is 596 g/mol. The van der Waals surface area contributed by atoms with Gasteiger partial charge in [0, 0.05) is 31.2 Å². The molecule has 0 bridgehead atoms. The molecule has 0 aliphatic rings. The first-order chi connectivity index (χ1) is 19.3. The Labute approximate surface area is 245 Å². The summed E-state index contributed by atoms with van der Waals surface area (Å²) >= 11 is 1.59. The first-order valence-electron chi connectivity index (χ1n) is 14.4. The molecular weight excluding hydrogens is 548 g/mol. The summed E-state index contributed by atoms with van der Waals surface area (Å²) in [6.07, 6.45) is 7.15. The number of ether oxygens (including phenoxy) is 3. The Bertz CT molecular complexity index is 1080. The van der Waals surface area contributed by atoms with Crippen LogP contribution in [-0.4, -0.2) is 76.4 Å². The lowest BCUT2D eigenvalue weighted by atomic mass is 10.1. The maximum Gasteiger partial charge on any atom is 0.238 e. The van der Waals surface area contributed by atoms with Crippen molar-refractivity contribution in [2.45, 2.75) is 71.8 Å². The number of nitrogens with zero attached hydrogens (tertiary/aromatic N) is 2. The van der Waals surface area contributed by atoms with Crippen molar-refractivity contribution in [3.8, 4) is 11.5 Å². The van der Waals surface area contributed by atoms with Crippen LogP contribution in [0.1, 0.15) is 69.2 Å². The lowest BCUT2D eigenvalue weighted by molar-refractivity contribution is -0.132. The Balaban J connectivity index is 2.13. The number of unbranched alkanes of at least 4 members (excludes halogenated alkanes) is 5. The topological polar surface area (TPSA) is 85.4 Å². The van der Waals surface area contributed by atoms with Crippen LogP contribution in [-0.2, 0) is 32.5 Å². The number of hydrogen-bond donors (Lipinski definition) is 0. The van der Waals surface area contributed by atoms with Crippen LogP contribution >= 0.6 is 11.3 Å². The van der Waals surface area contributed by atoms with Gasteiger partial charge < -0.3 is 19.1 Å². The number of sulfonamides is 1. The SMILES string of the molecule is CCCCCCCCS(=O)(=O)N(CCCOCC)CC(=O)N(CCc1ccc(OC)c(OC)c1)Cc1cccs1. The molecule has 0 saturated carbocycles. The molecule has 0 spiro atoms. The highest BCUT2D eigenvalue weighted by Crippen LogP contribution is 2.28. The number of carbonyl (C=O) groups is 1. The molecule has 1 aromatic carbocycles. The van der Waals surface area contributed by atoms with Crippen molar-refractivity contribution in [3.05, 3.63) is 46.2 Å². The minimum absolute atomic E-state index is 0.0671. The number of methoxy groups -OCH3 is 2. The second-order valence-electron chi connectivity index (χ2n) is 9.80. The van der Waals surface area contributed by atoms with Gasteiger partial charge in [0.2, 0.25) is 15.9 Å². The zero-order chi connectivity index (χ0) is 29.2. The van der Waals surface area contributed by atoms with Gasteiger partial charge in [0.1, 0.15) is 0 Å². The van der Waals surface area contributed by atoms with E-state index in [2.05, 4.69) is 6.92 Å². The molecule has 10 heteroatoms.